The molecule has 2 aromatic rings. The highest BCUT2D eigenvalue weighted by Gasteiger charge is 2.35. The van der Waals surface area contributed by atoms with Crippen molar-refractivity contribution in [2.24, 2.45) is 11.8 Å². The summed E-state index contributed by atoms with van der Waals surface area (Å²) in [6, 6.07) is 10.0. The second-order valence-electron chi connectivity index (χ2n) is 6.99. The molecule has 1 atom stereocenters. The summed E-state index contributed by atoms with van der Waals surface area (Å²) in [5.74, 6) is 0.681. The number of amides is 1. The molecule has 0 bridgehead atoms. The molecule has 4 heteroatoms. The lowest BCUT2D eigenvalue weighted by atomic mass is 9.75. The van der Waals surface area contributed by atoms with Gasteiger partial charge >= 0.3 is 0 Å². The van der Waals surface area contributed by atoms with Gasteiger partial charge in [0.15, 0.2) is 0 Å². The van der Waals surface area contributed by atoms with Gasteiger partial charge in [0.1, 0.15) is 0 Å². The van der Waals surface area contributed by atoms with Crippen LogP contribution in [0, 0.1) is 11.8 Å². The van der Waals surface area contributed by atoms with Gasteiger partial charge in [0.05, 0.1) is 17.7 Å². The molecule has 3 rings (SSSR count). The van der Waals surface area contributed by atoms with Crippen molar-refractivity contribution in [3.8, 4) is 0 Å². The number of nitrogens with zero attached hydrogens (tertiary/aromatic N) is 1. The third-order valence-corrected chi connectivity index (χ3v) is 4.50. The van der Waals surface area contributed by atoms with E-state index in [1.165, 1.54) is 0 Å². The highest BCUT2D eigenvalue weighted by molar-refractivity contribution is 5.80. The molecule has 1 aromatic carbocycles. The van der Waals surface area contributed by atoms with Gasteiger partial charge in [0.25, 0.3) is 0 Å². The van der Waals surface area contributed by atoms with Gasteiger partial charge < -0.3 is 10.4 Å². The fourth-order valence-corrected chi connectivity index (χ4v) is 3.24. The standard InChI is InChI=1S/C19H24N2O2/c1-12(2)7-18(23)21-19(14-9-16(22)10-14)15-8-13-5-3-4-6-17(13)20-11-15/h3-6,8,11-12,14,16,19,22H,7,9-10H2,1-2H3,(H,21,23)/t14?,16?,19-/m0/s1. The monoisotopic (exact) mass is 312 g/mol. The van der Waals surface area contributed by atoms with Crippen LogP contribution >= 0.6 is 0 Å². The Morgan fingerprint density at radius 3 is 2.78 bits per heavy atom. The lowest BCUT2D eigenvalue weighted by Gasteiger charge is -2.38. The molecule has 0 spiro atoms. The van der Waals surface area contributed by atoms with Crippen molar-refractivity contribution in [1.82, 2.24) is 10.3 Å². The molecule has 0 saturated heterocycles. The fourth-order valence-electron chi connectivity index (χ4n) is 3.24. The normalized spacial score (nSPS) is 21.9. The molecule has 0 radical (unpaired) electrons. The molecule has 1 amide bonds. The molecule has 4 nitrogen and oxygen atoms in total. The van der Waals surface area contributed by atoms with E-state index in [1.807, 2.05) is 44.3 Å². The molecule has 23 heavy (non-hydrogen) atoms. The van der Waals surface area contributed by atoms with Crippen LogP contribution in [0.5, 0.6) is 0 Å². The maximum Gasteiger partial charge on any atom is 0.220 e. The van der Waals surface area contributed by atoms with Crippen molar-refractivity contribution in [2.75, 3.05) is 0 Å². The zero-order valence-corrected chi connectivity index (χ0v) is 13.7. The number of hydrogen-bond donors (Lipinski definition) is 2. The summed E-state index contributed by atoms with van der Waals surface area (Å²) >= 11 is 0. The van der Waals surface area contributed by atoms with E-state index in [2.05, 4.69) is 16.4 Å². The summed E-state index contributed by atoms with van der Waals surface area (Å²) in [5, 5.41) is 13.9. The average Bonchev–Trinajstić information content (AvgIpc) is 2.48. The average molecular weight is 312 g/mol. The van der Waals surface area contributed by atoms with E-state index in [-0.39, 0.29) is 24.0 Å². The highest BCUT2D eigenvalue weighted by atomic mass is 16.3. The van der Waals surface area contributed by atoms with E-state index in [4.69, 9.17) is 0 Å². The number of para-hydroxylation sites is 1. The zero-order valence-electron chi connectivity index (χ0n) is 13.7. The van der Waals surface area contributed by atoms with Gasteiger partial charge in [0.2, 0.25) is 5.91 Å². The van der Waals surface area contributed by atoms with Crippen LogP contribution in [0.25, 0.3) is 10.9 Å². The number of carbonyl (C=O) groups is 1. The molecule has 1 aromatic heterocycles. The van der Waals surface area contributed by atoms with Gasteiger partial charge in [-0.05, 0) is 42.4 Å². The van der Waals surface area contributed by atoms with Crippen molar-refractivity contribution in [3.05, 3.63) is 42.1 Å². The molecule has 0 aliphatic heterocycles. The number of aromatic nitrogens is 1. The molecule has 1 heterocycles. The number of aliphatic hydroxyl groups is 1. The number of benzene rings is 1. The third-order valence-electron chi connectivity index (χ3n) is 4.50. The predicted molar refractivity (Wildman–Crippen MR) is 90.8 cm³/mol. The summed E-state index contributed by atoms with van der Waals surface area (Å²) in [6.07, 6.45) is 3.61. The Morgan fingerprint density at radius 1 is 1.35 bits per heavy atom. The molecule has 2 N–H and O–H groups in total. The minimum absolute atomic E-state index is 0.0678. The molecule has 0 unspecified atom stereocenters. The number of fused-ring (bicyclic) bond motifs is 1. The van der Waals surface area contributed by atoms with Gasteiger partial charge in [-0.1, -0.05) is 32.0 Å². The van der Waals surface area contributed by atoms with E-state index in [0.717, 1.165) is 29.3 Å². The molecule has 1 saturated carbocycles. The van der Waals surface area contributed by atoms with E-state index < -0.39 is 0 Å². The maximum atomic E-state index is 12.2. The van der Waals surface area contributed by atoms with Crippen LogP contribution in [-0.2, 0) is 4.79 Å². The predicted octanol–water partition coefficient (Wildman–Crippen LogP) is 3.21. The minimum atomic E-state index is -0.238. The summed E-state index contributed by atoms with van der Waals surface area (Å²) in [5.41, 5.74) is 1.98. The zero-order chi connectivity index (χ0) is 16.4. The first-order valence-corrected chi connectivity index (χ1v) is 8.35. The number of hydrogen-bond acceptors (Lipinski definition) is 3. The first-order valence-electron chi connectivity index (χ1n) is 8.35. The Hall–Kier alpha value is -1.94. The van der Waals surface area contributed by atoms with Crippen molar-refractivity contribution in [2.45, 2.75) is 45.3 Å². The van der Waals surface area contributed by atoms with Gasteiger partial charge in [0, 0.05) is 18.0 Å². The number of aliphatic hydroxyl groups excluding tert-OH is 1. The fraction of sp³-hybridized carbons (Fsp3) is 0.474. The van der Waals surface area contributed by atoms with Crippen molar-refractivity contribution in [1.29, 1.82) is 0 Å². The molecular formula is C19H24N2O2. The van der Waals surface area contributed by atoms with Gasteiger partial charge in [-0.3, -0.25) is 9.78 Å². The SMILES string of the molecule is CC(C)CC(=O)N[C@H](c1cnc2ccccc2c1)C1CC(O)C1. The summed E-state index contributed by atoms with van der Waals surface area (Å²) in [7, 11) is 0. The van der Waals surface area contributed by atoms with Crippen LogP contribution in [0.3, 0.4) is 0 Å². The number of nitrogens with one attached hydrogen (secondary N) is 1. The summed E-state index contributed by atoms with van der Waals surface area (Å²) < 4.78 is 0. The number of rotatable bonds is 5. The van der Waals surface area contributed by atoms with Crippen LogP contribution in [0.1, 0.15) is 44.7 Å². The van der Waals surface area contributed by atoms with Crippen LogP contribution in [-0.4, -0.2) is 22.1 Å². The Balaban J connectivity index is 1.85. The number of carbonyl (C=O) groups excluding carboxylic acids is 1. The Bertz CT molecular complexity index is 693. The third kappa shape index (κ3) is 3.70. The Kier molecular flexibility index (Phi) is 4.62. The second kappa shape index (κ2) is 6.67. The van der Waals surface area contributed by atoms with Crippen molar-refractivity contribution in [3.63, 3.8) is 0 Å². The smallest absolute Gasteiger partial charge is 0.220 e. The first-order chi connectivity index (χ1) is 11.0. The first kappa shape index (κ1) is 15.9. The molecular weight excluding hydrogens is 288 g/mol. The van der Waals surface area contributed by atoms with E-state index in [0.29, 0.717) is 12.3 Å². The Morgan fingerprint density at radius 2 is 2.09 bits per heavy atom. The van der Waals surface area contributed by atoms with Gasteiger partial charge in [-0.2, -0.15) is 0 Å². The van der Waals surface area contributed by atoms with E-state index in [9.17, 15) is 9.90 Å². The lowest BCUT2D eigenvalue weighted by Crippen LogP contribution is -2.41. The van der Waals surface area contributed by atoms with Crippen LogP contribution in [0.2, 0.25) is 0 Å². The molecule has 1 fully saturated rings. The van der Waals surface area contributed by atoms with E-state index >= 15 is 0 Å². The number of pyridine rings is 1. The maximum absolute atomic E-state index is 12.2. The van der Waals surface area contributed by atoms with Crippen LogP contribution in [0.15, 0.2) is 36.5 Å². The van der Waals surface area contributed by atoms with Gasteiger partial charge in [-0.15, -0.1) is 0 Å². The highest BCUT2D eigenvalue weighted by Crippen LogP contribution is 2.38. The quantitative estimate of drug-likeness (QED) is 0.891. The molecule has 1 aliphatic carbocycles. The topological polar surface area (TPSA) is 62.2 Å². The lowest BCUT2D eigenvalue weighted by molar-refractivity contribution is -0.123. The summed E-state index contributed by atoms with van der Waals surface area (Å²) in [4.78, 5) is 16.7. The van der Waals surface area contributed by atoms with Crippen molar-refractivity contribution < 1.29 is 9.90 Å². The van der Waals surface area contributed by atoms with Crippen molar-refractivity contribution >= 4 is 16.8 Å². The van der Waals surface area contributed by atoms with E-state index in [1.54, 1.807) is 0 Å². The Labute approximate surface area is 136 Å². The van der Waals surface area contributed by atoms with Crippen LogP contribution < -0.4 is 5.32 Å². The molecule has 1 aliphatic rings. The summed E-state index contributed by atoms with van der Waals surface area (Å²) in [6.45, 7) is 4.08. The molecule has 122 valence electrons. The second-order valence-corrected chi connectivity index (χ2v) is 6.99. The van der Waals surface area contributed by atoms with Crippen LogP contribution in [0.4, 0.5) is 0 Å². The minimum Gasteiger partial charge on any atom is -0.393 e. The van der Waals surface area contributed by atoms with Gasteiger partial charge in [-0.25, -0.2) is 0 Å². The largest absolute Gasteiger partial charge is 0.393 e.